The lowest BCUT2D eigenvalue weighted by Crippen LogP contribution is -2.49. The van der Waals surface area contributed by atoms with Crippen LogP contribution in [0.5, 0.6) is 0 Å². The number of likely N-dealkylation sites (tertiary alicyclic amines) is 1. The number of carbonyl (C=O) groups is 4. The Balaban J connectivity index is 0.000000342. The third-order valence-electron chi connectivity index (χ3n) is 9.84. The predicted molar refractivity (Wildman–Crippen MR) is 194 cm³/mol. The maximum Gasteiger partial charge on any atom is 0.335 e. The molecule has 0 spiro atoms. The zero-order chi connectivity index (χ0) is 39.4. The molecule has 0 radical (unpaired) electrons. The van der Waals surface area contributed by atoms with Crippen molar-refractivity contribution in [3.05, 3.63) is 89.1 Å². The number of aliphatic hydroxyl groups is 4. The lowest BCUT2D eigenvalue weighted by Gasteiger charge is -2.33. The fraction of sp³-hybridized carbons (Fsp3) is 0.395. The van der Waals surface area contributed by atoms with Crippen LogP contribution in [-0.2, 0) is 27.3 Å². The number of aromatic nitrogens is 2. The molecule has 288 valence electrons. The van der Waals surface area contributed by atoms with Gasteiger partial charge < -0.3 is 45.4 Å². The Bertz CT molecular complexity index is 2010. The zero-order valence-electron chi connectivity index (χ0n) is 30.0. The van der Waals surface area contributed by atoms with Gasteiger partial charge in [0.2, 0.25) is 5.91 Å². The van der Waals surface area contributed by atoms with Crippen LogP contribution in [0.3, 0.4) is 0 Å². The first-order chi connectivity index (χ1) is 25.6. The lowest BCUT2D eigenvalue weighted by atomic mass is 9.90. The number of hydrogen-bond acceptors (Lipinski definition) is 10. The molecule has 4 aromatic rings. The highest BCUT2D eigenvalue weighted by atomic mass is 19.1. The Morgan fingerprint density at radius 3 is 2.33 bits per heavy atom. The summed E-state index contributed by atoms with van der Waals surface area (Å²) in [5.74, 6) is -3.98. The van der Waals surface area contributed by atoms with Crippen LogP contribution in [0.25, 0.3) is 16.6 Å². The number of halogens is 1. The normalized spacial score (nSPS) is 17.9. The Labute approximate surface area is 309 Å². The SMILES string of the molecule is CC(C)N(C)C(=O)c1cc(F)ccc1-n1cc(C2CCCN(Cc3ccc4c(c3)NC(=O)C4)C2)c2ccncc21.O=C(O)[C@@H](O)[C@H](O)[C@H](O)[C@@H](O)C(=O)O. The van der Waals surface area contributed by atoms with E-state index >= 15 is 0 Å². The number of fused-ring (bicyclic) bond motifs is 2. The molecule has 2 amide bonds. The molecular formula is C38H44FN5O10. The second-order valence-electron chi connectivity index (χ2n) is 13.9. The second-order valence-corrected chi connectivity index (χ2v) is 13.9. The van der Waals surface area contributed by atoms with Gasteiger partial charge in [0, 0.05) is 49.6 Å². The number of nitrogens with one attached hydrogen (secondary N) is 1. The fourth-order valence-electron chi connectivity index (χ4n) is 6.68. The van der Waals surface area contributed by atoms with E-state index in [4.69, 9.17) is 30.6 Å². The standard InChI is InChI=1S/C32H34FN5O2.C6H10O8/c1-20(2)36(3)32(40)26-15-24(33)8-9-29(26)38-19-27(25-10-11-34-16-30(25)38)23-5-4-12-37(18-23)17-21-6-7-22-14-31(39)35-28(22)13-21;7-1(3(9)5(11)12)2(8)4(10)6(13)14/h6-11,13,15-16,19-20,23H,4-5,12,14,17-18H2,1-3H3,(H,35,39);1-4,7-10H,(H,11,12)(H,13,14)/t;1-,2+,3+,4-. The van der Waals surface area contributed by atoms with E-state index in [1.165, 1.54) is 23.3 Å². The predicted octanol–water partition coefficient (Wildman–Crippen LogP) is 2.12. The summed E-state index contributed by atoms with van der Waals surface area (Å²) in [4.78, 5) is 53.8. The molecule has 2 aliphatic heterocycles. The molecule has 1 fully saturated rings. The van der Waals surface area contributed by atoms with E-state index < -0.39 is 42.2 Å². The van der Waals surface area contributed by atoms with Crippen LogP contribution in [0, 0.1) is 5.82 Å². The molecule has 6 rings (SSSR count). The summed E-state index contributed by atoms with van der Waals surface area (Å²) in [6.07, 6.45) is -0.955. The van der Waals surface area contributed by atoms with Gasteiger partial charge in [-0.25, -0.2) is 14.0 Å². The molecule has 2 aromatic heterocycles. The number of aliphatic hydroxyl groups excluding tert-OH is 4. The molecular weight excluding hydrogens is 705 g/mol. The number of rotatable bonds is 11. The van der Waals surface area contributed by atoms with Crippen molar-refractivity contribution in [1.29, 1.82) is 0 Å². The van der Waals surface area contributed by atoms with Gasteiger partial charge in [-0.3, -0.25) is 19.5 Å². The first kappa shape index (κ1) is 39.9. The van der Waals surface area contributed by atoms with Crippen molar-refractivity contribution in [2.45, 2.75) is 76.0 Å². The molecule has 2 aromatic carbocycles. The van der Waals surface area contributed by atoms with Gasteiger partial charge in [0.1, 0.15) is 18.0 Å². The molecule has 0 saturated carbocycles. The summed E-state index contributed by atoms with van der Waals surface area (Å²) in [7, 11) is 1.74. The summed E-state index contributed by atoms with van der Waals surface area (Å²) in [6, 6.07) is 12.7. The number of aliphatic carboxylic acids is 2. The van der Waals surface area contributed by atoms with Crippen molar-refractivity contribution in [2.24, 2.45) is 0 Å². The number of carboxylic acid groups (broad SMARTS) is 2. The minimum Gasteiger partial charge on any atom is -0.479 e. The number of nitrogens with zero attached hydrogens (tertiary/aromatic N) is 4. The van der Waals surface area contributed by atoms with Gasteiger partial charge in [-0.05, 0) is 86.2 Å². The van der Waals surface area contributed by atoms with Gasteiger partial charge in [-0.2, -0.15) is 0 Å². The maximum absolute atomic E-state index is 14.4. The Morgan fingerprint density at radius 1 is 1.00 bits per heavy atom. The van der Waals surface area contributed by atoms with E-state index in [1.54, 1.807) is 24.2 Å². The highest BCUT2D eigenvalue weighted by Gasteiger charge is 2.37. The monoisotopic (exact) mass is 749 g/mol. The number of anilines is 1. The first-order valence-corrected chi connectivity index (χ1v) is 17.4. The van der Waals surface area contributed by atoms with Crippen LogP contribution in [-0.4, -0.2) is 124 Å². The van der Waals surface area contributed by atoms with Crippen LogP contribution in [0.15, 0.2) is 61.1 Å². The average molecular weight is 750 g/mol. The number of amides is 2. The van der Waals surface area contributed by atoms with Crippen LogP contribution in [0.4, 0.5) is 10.1 Å². The number of pyridine rings is 1. The van der Waals surface area contributed by atoms with Gasteiger partial charge >= 0.3 is 11.9 Å². The van der Waals surface area contributed by atoms with Gasteiger partial charge in [0.25, 0.3) is 5.91 Å². The quantitative estimate of drug-likeness (QED) is 0.117. The molecule has 0 aliphatic carbocycles. The highest BCUT2D eigenvalue weighted by molar-refractivity contribution is 6.00. The average Bonchev–Trinajstić information content (AvgIpc) is 3.72. The number of benzene rings is 2. The van der Waals surface area contributed by atoms with Crippen LogP contribution < -0.4 is 5.32 Å². The van der Waals surface area contributed by atoms with E-state index in [-0.39, 0.29) is 17.9 Å². The third kappa shape index (κ3) is 8.75. The third-order valence-corrected chi connectivity index (χ3v) is 9.84. The minimum atomic E-state index is -2.36. The van der Waals surface area contributed by atoms with Crippen LogP contribution in [0.2, 0.25) is 0 Å². The van der Waals surface area contributed by atoms with Crippen molar-refractivity contribution in [3.63, 3.8) is 0 Å². The number of piperidine rings is 1. The first-order valence-electron chi connectivity index (χ1n) is 17.4. The Morgan fingerprint density at radius 2 is 1.69 bits per heavy atom. The van der Waals surface area contributed by atoms with Gasteiger partial charge in [0.15, 0.2) is 12.2 Å². The van der Waals surface area contributed by atoms with E-state index in [9.17, 15) is 23.6 Å². The largest absolute Gasteiger partial charge is 0.479 e. The summed E-state index contributed by atoms with van der Waals surface area (Å²) in [6.45, 7) is 6.61. The number of carbonyl (C=O) groups excluding carboxylic acids is 2. The topological polar surface area (TPSA) is 226 Å². The van der Waals surface area contributed by atoms with Gasteiger partial charge in [-0.15, -0.1) is 0 Å². The van der Waals surface area contributed by atoms with Crippen molar-refractivity contribution >= 4 is 40.3 Å². The van der Waals surface area contributed by atoms with Crippen molar-refractivity contribution in [1.82, 2.24) is 19.4 Å². The van der Waals surface area contributed by atoms with E-state index in [2.05, 4.69) is 39.6 Å². The summed E-state index contributed by atoms with van der Waals surface area (Å²) in [5, 5.41) is 55.5. The molecule has 54 heavy (non-hydrogen) atoms. The van der Waals surface area contributed by atoms with Crippen LogP contribution in [0.1, 0.15) is 59.7 Å². The van der Waals surface area contributed by atoms with Crippen molar-refractivity contribution < 1.29 is 54.2 Å². The van der Waals surface area contributed by atoms with Crippen LogP contribution >= 0.6 is 0 Å². The van der Waals surface area contributed by atoms with Gasteiger partial charge in [0.05, 0.1) is 29.4 Å². The lowest BCUT2D eigenvalue weighted by molar-refractivity contribution is -0.172. The minimum absolute atomic E-state index is 0.0163. The molecule has 2 aliphatic rings. The zero-order valence-corrected chi connectivity index (χ0v) is 30.0. The molecule has 15 nitrogen and oxygen atoms in total. The summed E-state index contributed by atoms with van der Waals surface area (Å²) in [5.41, 5.74) is 6.27. The van der Waals surface area contributed by atoms with Gasteiger partial charge in [-0.1, -0.05) is 12.1 Å². The Kier molecular flexibility index (Phi) is 12.4. The summed E-state index contributed by atoms with van der Waals surface area (Å²) < 4.78 is 16.4. The molecule has 1 saturated heterocycles. The molecule has 4 heterocycles. The molecule has 7 N–H and O–H groups in total. The van der Waals surface area contributed by atoms with E-state index in [0.717, 1.165) is 54.6 Å². The highest BCUT2D eigenvalue weighted by Crippen LogP contribution is 2.36. The van der Waals surface area contributed by atoms with E-state index in [1.807, 2.05) is 30.7 Å². The molecule has 16 heteroatoms. The molecule has 0 bridgehead atoms. The summed E-state index contributed by atoms with van der Waals surface area (Å²) >= 11 is 0. The maximum atomic E-state index is 14.4. The second kappa shape index (κ2) is 16.8. The van der Waals surface area contributed by atoms with Crippen molar-refractivity contribution in [3.8, 4) is 5.69 Å². The molecule has 5 atom stereocenters. The number of hydrogen-bond donors (Lipinski definition) is 7. The van der Waals surface area contributed by atoms with Crippen molar-refractivity contribution in [2.75, 3.05) is 25.5 Å². The smallest absolute Gasteiger partial charge is 0.335 e. The Hall–Kier alpha value is -5.26. The fourth-order valence-corrected chi connectivity index (χ4v) is 6.68. The molecule has 1 unspecified atom stereocenters. The van der Waals surface area contributed by atoms with E-state index in [0.29, 0.717) is 23.6 Å². The number of carboxylic acids is 2.